The number of carbonyl (C=O) groups is 2. The van der Waals surface area contributed by atoms with Gasteiger partial charge in [0.15, 0.2) is 6.10 Å². The lowest BCUT2D eigenvalue weighted by Gasteiger charge is -2.09. The van der Waals surface area contributed by atoms with Crippen molar-refractivity contribution in [1.82, 2.24) is 0 Å². The zero-order valence-corrected chi connectivity index (χ0v) is 10.4. The van der Waals surface area contributed by atoms with Gasteiger partial charge in [-0.25, -0.2) is 0 Å². The fourth-order valence-corrected chi connectivity index (χ4v) is 1.94. The van der Waals surface area contributed by atoms with E-state index in [2.05, 4.69) is 0 Å². The van der Waals surface area contributed by atoms with Crippen LogP contribution >= 0.6 is 11.8 Å². The lowest BCUT2D eigenvalue weighted by molar-refractivity contribution is -0.153. The molecule has 0 saturated heterocycles. The van der Waals surface area contributed by atoms with Crippen LogP contribution in [-0.4, -0.2) is 23.7 Å². The lowest BCUT2D eigenvalue weighted by atomic mass is 10.4. The van der Waals surface area contributed by atoms with E-state index in [1.54, 1.807) is 11.8 Å². The third-order valence-electron chi connectivity index (χ3n) is 2.03. The molecule has 17 heavy (non-hydrogen) atoms. The summed E-state index contributed by atoms with van der Waals surface area (Å²) in [4.78, 5) is 23.1. The summed E-state index contributed by atoms with van der Waals surface area (Å²) < 4.78 is 4.82. The van der Waals surface area contributed by atoms with Gasteiger partial charge in [0, 0.05) is 10.6 Å². The molecular formula is C12H15NO3S. The number of nitrogens with two attached hydrogens (primary N) is 1. The predicted molar refractivity (Wildman–Crippen MR) is 66.5 cm³/mol. The Morgan fingerprint density at radius 1 is 1.35 bits per heavy atom. The number of ether oxygens (including phenoxy) is 1. The van der Waals surface area contributed by atoms with Gasteiger partial charge < -0.3 is 10.5 Å². The second kappa shape index (κ2) is 6.96. The molecule has 1 aromatic carbocycles. The second-order valence-electron chi connectivity index (χ2n) is 3.45. The van der Waals surface area contributed by atoms with Crippen LogP contribution in [-0.2, 0) is 14.3 Å². The molecule has 92 valence electrons. The summed E-state index contributed by atoms with van der Waals surface area (Å²) in [5, 5.41) is 0. The Morgan fingerprint density at radius 2 is 2.00 bits per heavy atom. The Balaban J connectivity index is 2.23. The van der Waals surface area contributed by atoms with Crippen molar-refractivity contribution in [3.05, 3.63) is 30.3 Å². The number of thioether (sulfide) groups is 1. The summed E-state index contributed by atoms with van der Waals surface area (Å²) in [5.74, 6) is -0.414. The molecule has 1 atom stereocenters. The molecule has 0 unspecified atom stereocenters. The minimum Gasteiger partial charge on any atom is -0.453 e. The van der Waals surface area contributed by atoms with Crippen LogP contribution in [0.1, 0.15) is 13.3 Å². The van der Waals surface area contributed by atoms with Crippen molar-refractivity contribution < 1.29 is 14.3 Å². The van der Waals surface area contributed by atoms with E-state index in [0.29, 0.717) is 5.75 Å². The van der Waals surface area contributed by atoms with Crippen molar-refractivity contribution in [1.29, 1.82) is 0 Å². The van der Waals surface area contributed by atoms with Crippen molar-refractivity contribution in [3.63, 3.8) is 0 Å². The number of hydrogen-bond acceptors (Lipinski definition) is 4. The van der Waals surface area contributed by atoms with E-state index >= 15 is 0 Å². The second-order valence-corrected chi connectivity index (χ2v) is 4.61. The highest BCUT2D eigenvalue weighted by Crippen LogP contribution is 2.17. The fraction of sp³-hybridized carbons (Fsp3) is 0.333. The topological polar surface area (TPSA) is 69.4 Å². The first kappa shape index (κ1) is 13.6. The average Bonchev–Trinajstić information content (AvgIpc) is 2.30. The van der Waals surface area contributed by atoms with Gasteiger partial charge in [0.1, 0.15) is 0 Å². The fourth-order valence-electron chi connectivity index (χ4n) is 1.08. The molecule has 0 aliphatic carbocycles. The first-order chi connectivity index (χ1) is 8.09. The van der Waals surface area contributed by atoms with Crippen molar-refractivity contribution in [2.75, 3.05) is 5.75 Å². The van der Waals surface area contributed by atoms with Crippen LogP contribution < -0.4 is 5.73 Å². The minimum atomic E-state index is -0.857. The highest BCUT2D eigenvalue weighted by atomic mass is 32.2. The molecule has 5 heteroatoms. The quantitative estimate of drug-likeness (QED) is 0.617. The van der Waals surface area contributed by atoms with Crippen LogP contribution in [0.2, 0.25) is 0 Å². The summed E-state index contributed by atoms with van der Waals surface area (Å²) in [6.45, 7) is 1.46. The highest BCUT2D eigenvalue weighted by molar-refractivity contribution is 7.99. The number of benzene rings is 1. The van der Waals surface area contributed by atoms with Gasteiger partial charge >= 0.3 is 5.97 Å². The lowest BCUT2D eigenvalue weighted by Crippen LogP contribution is -2.30. The van der Waals surface area contributed by atoms with Crippen LogP contribution in [0.4, 0.5) is 0 Å². The number of primary amides is 1. The third-order valence-corrected chi connectivity index (χ3v) is 3.04. The van der Waals surface area contributed by atoms with Gasteiger partial charge in [-0.05, 0) is 19.1 Å². The molecule has 2 N–H and O–H groups in total. The first-order valence-electron chi connectivity index (χ1n) is 5.26. The molecule has 0 aromatic heterocycles. The van der Waals surface area contributed by atoms with E-state index in [9.17, 15) is 9.59 Å². The normalized spacial score (nSPS) is 11.8. The maximum Gasteiger partial charge on any atom is 0.307 e. The maximum atomic E-state index is 11.3. The van der Waals surface area contributed by atoms with Gasteiger partial charge in [0.25, 0.3) is 5.91 Å². The minimum absolute atomic E-state index is 0.261. The van der Waals surface area contributed by atoms with E-state index in [1.807, 2.05) is 30.3 Å². The van der Waals surface area contributed by atoms with Crippen LogP contribution in [0.5, 0.6) is 0 Å². The third kappa shape index (κ3) is 5.40. The van der Waals surface area contributed by atoms with Gasteiger partial charge in [0.2, 0.25) is 0 Å². The molecule has 1 aromatic rings. The number of esters is 1. The highest BCUT2D eigenvalue weighted by Gasteiger charge is 2.13. The van der Waals surface area contributed by atoms with E-state index in [4.69, 9.17) is 10.5 Å². The number of hydrogen-bond donors (Lipinski definition) is 1. The summed E-state index contributed by atoms with van der Waals surface area (Å²) >= 11 is 1.57. The monoisotopic (exact) mass is 253 g/mol. The summed E-state index contributed by atoms with van der Waals surface area (Å²) in [7, 11) is 0. The van der Waals surface area contributed by atoms with E-state index < -0.39 is 18.0 Å². The standard InChI is InChI=1S/C12H15NO3S/c1-9(12(13)15)16-11(14)7-8-17-10-5-3-2-4-6-10/h2-6,9H,7-8H2,1H3,(H2,13,15)/t9-/m0/s1. The molecule has 1 rings (SSSR count). The summed E-state index contributed by atoms with van der Waals surface area (Å²) in [5.41, 5.74) is 4.98. The molecule has 4 nitrogen and oxygen atoms in total. The first-order valence-corrected chi connectivity index (χ1v) is 6.25. The average molecular weight is 253 g/mol. The van der Waals surface area contributed by atoms with Crippen LogP contribution in [0.15, 0.2) is 35.2 Å². The largest absolute Gasteiger partial charge is 0.453 e. The summed E-state index contributed by atoms with van der Waals surface area (Å²) in [6.07, 6.45) is -0.596. The smallest absolute Gasteiger partial charge is 0.307 e. The van der Waals surface area contributed by atoms with E-state index in [-0.39, 0.29) is 6.42 Å². The molecule has 0 aliphatic rings. The Labute approximate surface area is 105 Å². The van der Waals surface area contributed by atoms with Crippen LogP contribution in [0, 0.1) is 0 Å². The van der Waals surface area contributed by atoms with Gasteiger partial charge in [-0.2, -0.15) is 0 Å². The predicted octanol–water partition coefficient (Wildman–Crippen LogP) is 1.59. The summed E-state index contributed by atoms with van der Waals surface area (Å²) in [6, 6.07) is 9.77. The van der Waals surface area contributed by atoms with Crippen molar-refractivity contribution in [2.45, 2.75) is 24.3 Å². The van der Waals surface area contributed by atoms with Crippen molar-refractivity contribution >= 4 is 23.6 Å². The zero-order chi connectivity index (χ0) is 12.7. The maximum absolute atomic E-state index is 11.3. The van der Waals surface area contributed by atoms with Gasteiger partial charge in [-0.15, -0.1) is 11.8 Å². The molecule has 0 heterocycles. The van der Waals surface area contributed by atoms with Gasteiger partial charge in [0.05, 0.1) is 6.42 Å². The number of rotatable bonds is 6. The van der Waals surface area contributed by atoms with Gasteiger partial charge in [-0.3, -0.25) is 9.59 Å². The van der Waals surface area contributed by atoms with Crippen LogP contribution in [0.3, 0.4) is 0 Å². The molecule has 0 radical (unpaired) electrons. The zero-order valence-electron chi connectivity index (χ0n) is 9.59. The Hall–Kier alpha value is -1.49. The molecule has 0 bridgehead atoms. The molecule has 0 spiro atoms. The molecule has 1 amide bonds. The SMILES string of the molecule is C[C@H](OC(=O)CCSc1ccccc1)C(N)=O. The Kier molecular flexibility index (Phi) is 5.56. The Morgan fingerprint density at radius 3 is 2.59 bits per heavy atom. The number of amides is 1. The Bertz CT molecular complexity index is 381. The molecule has 0 aliphatic heterocycles. The van der Waals surface area contributed by atoms with E-state index in [1.165, 1.54) is 6.92 Å². The molecular weight excluding hydrogens is 238 g/mol. The van der Waals surface area contributed by atoms with Gasteiger partial charge in [-0.1, -0.05) is 18.2 Å². The van der Waals surface area contributed by atoms with E-state index in [0.717, 1.165) is 4.90 Å². The van der Waals surface area contributed by atoms with Crippen molar-refractivity contribution in [3.8, 4) is 0 Å². The molecule has 0 saturated carbocycles. The molecule has 0 fully saturated rings. The van der Waals surface area contributed by atoms with Crippen molar-refractivity contribution in [2.24, 2.45) is 5.73 Å². The number of carbonyl (C=O) groups excluding carboxylic acids is 2. The van der Waals surface area contributed by atoms with Crippen LogP contribution in [0.25, 0.3) is 0 Å².